The Balaban J connectivity index is 1.55. The number of nitrogens with zero attached hydrogens (tertiary/aromatic N) is 3. The molecule has 0 radical (unpaired) electrons. The first-order valence-corrected chi connectivity index (χ1v) is 14.1. The number of non-ortho nitro benzene ring substituents is 1. The third kappa shape index (κ3) is 5.84. The fourth-order valence-electron chi connectivity index (χ4n) is 3.79. The molecule has 0 aliphatic carbocycles. The molecule has 0 aromatic heterocycles. The van der Waals surface area contributed by atoms with E-state index in [1.807, 2.05) is 0 Å². The molecule has 2 aromatic rings. The van der Waals surface area contributed by atoms with Crippen LogP contribution in [0.4, 0.5) is 10.5 Å². The minimum absolute atomic E-state index is 0.000415. The van der Waals surface area contributed by atoms with E-state index in [1.54, 1.807) is 4.90 Å². The number of nitro benzene ring substituents is 1. The molecule has 0 atom stereocenters. The lowest BCUT2D eigenvalue weighted by atomic mass is 10.2. The average molecular weight is 626 g/mol. The summed E-state index contributed by atoms with van der Waals surface area (Å²) in [6.45, 7) is 0.877. The van der Waals surface area contributed by atoms with Gasteiger partial charge in [-0.3, -0.25) is 29.4 Å². The molecule has 15 heteroatoms. The number of imide groups is 1. The molecule has 2 saturated heterocycles. The fourth-order valence-corrected chi connectivity index (χ4v) is 6.23. The van der Waals surface area contributed by atoms with Crippen LogP contribution >= 0.6 is 27.7 Å². The number of rotatable bonds is 8. The molecule has 200 valence electrons. The Labute approximate surface area is 230 Å². The first-order chi connectivity index (χ1) is 18.0. The zero-order chi connectivity index (χ0) is 27.6. The molecule has 0 saturated carbocycles. The van der Waals surface area contributed by atoms with Gasteiger partial charge in [-0.1, -0.05) is 0 Å². The number of likely N-dealkylation sites (tertiary alicyclic amines) is 1. The number of ether oxygens (including phenoxy) is 1. The second-order valence-electron chi connectivity index (χ2n) is 8.18. The maximum absolute atomic E-state index is 12.8. The molecular formula is C23H20BrN3O9S2. The highest BCUT2D eigenvalue weighted by atomic mass is 79.9. The number of hydrogen-bond donors (Lipinski definition) is 0. The van der Waals surface area contributed by atoms with Gasteiger partial charge in [0.1, 0.15) is 11.4 Å². The van der Waals surface area contributed by atoms with Gasteiger partial charge in [-0.25, -0.2) is 0 Å². The topological polar surface area (TPSA) is 153 Å². The highest BCUT2D eigenvalue weighted by Crippen LogP contribution is 2.40. The van der Waals surface area contributed by atoms with Gasteiger partial charge < -0.3 is 13.8 Å². The summed E-state index contributed by atoms with van der Waals surface area (Å²) in [6.07, 6.45) is 3.20. The molecular weight excluding hydrogens is 606 g/mol. The monoisotopic (exact) mass is 625 g/mol. The van der Waals surface area contributed by atoms with E-state index >= 15 is 0 Å². The van der Waals surface area contributed by atoms with Crippen LogP contribution in [0.1, 0.15) is 18.4 Å². The number of hydrogen-bond acceptors (Lipinski definition) is 10. The first kappa shape index (κ1) is 27.6. The first-order valence-electron chi connectivity index (χ1n) is 11.1. The van der Waals surface area contributed by atoms with Crippen molar-refractivity contribution >= 4 is 66.6 Å². The van der Waals surface area contributed by atoms with Crippen LogP contribution in [0.2, 0.25) is 0 Å². The van der Waals surface area contributed by atoms with Gasteiger partial charge in [-0.2, -0.15) is 8.42 Å². The van der Waals surface area contributed by atoms with Crippen molar-refractivity contribution in [2.75, 3.05) is 26.7 Å². The van der Waals surface area contributed by atoms with Gasteiger partial charge in [-0.05, 0) is 76.4 Å². The van der Waals surface area contributed by atoms with E-state index in [2.05, 4.69) is 15.9 Å². The van der Waals surface area contributed by atoms with Gasteiger partial charge in [0.25, 0.3) is 16.8 Å². The third-order valence-electron chi connectivity index (χ3n) is 5.70. The van der Waals surface area contributed by atoms with Crippen molar-refractivity contribution in [1.82, 2.24) is 9.80 Å². The summed E-state index contributed by atoms with van der Waals surface area (Å²) in [7, 11) is -3.10. The van der Waals surface area contributed by atoms with E-state index in [4.69, 9.17) is 8.92 Å². The molecule has 4 rings (SSSR count). The van der Waals surface area contributed by atoms with Crippen LogP contribution in [-0.4, -0.2) is 66.9 Å². The van der Waals surface area contributed by atoms with E-state index < -0.39 is 26.2 Å². The molecule has 2 fully saturated rings. The predicted molar refractivity (Wildman–Crippen MR) is 140 cm³/mol. The van der Waals surface area contributed by atoms with E-state index in [0.29, 0.717) is 30.4 Å². The van der Waals surface area contributed by atoms with Crippen LogP contribution in [0.25, 0.3) is 6.08 Å². The van der Waals surface area contributed by atoms with Crippen molar-refractivity contribution in [1.29, 1.82) is 0 Å². The zero-order valence-corrected chi connectivity index (χ0v) is 23.0. The van der Waals surface area contributed by atoms with Gasteiger partial charge in [0.2, 0.25) is 5.91 Å². The van der Waals surface area contributed by atoms with E-state index in [9.17, 15) is 32.9 Å². The maximum Gasteiger partial charge on any atom is 0.339 e. The second-order valence-corrected chi connectivity index (χ2v) is 11.6. The van der Waals surface area contributed by atoms with Crippen molar-refractivity contribution < 1.29 is 36.6 Å². The summed E-state index contributed by atoms with van der Waals surface area (Å²) < 4.78 is 36.2. The molecule has 0 spiro atoms. The average Bonchev–Trinajstić information content (AvgIpc) is 3.50. The van der Waals surface area contributed by atoms with Gasteiger partial charge in [-0.15, -0.1) is 0 Å². The smallest absolute Gasteiger partial charge is 0.339 e. The van der Waals surface area contributed by atoms with Crippen LogP contribution in [-0.2, 0) is 19.7 Å². The van der Waals surface area contributed by atoms with Crippen LogP contribution in [0.15, 0.2) is 50.7 Å². The summed E-state index contributed by atoms with van der Waals surface area (Å²) in [5.74, 6) is -1.08. The van der Waals surface area contributed by atoms with E-state index in [0.717, 1.165) is 42.0 Å². The Morgan fingerprint density at radius 1 is 1.18 bits per heavy atom. The highest BCUT2D eigenvalue weighted by molar-refractivity contribution is 9.10. The molecule has 3 amide bonds. The summed E-state index contributed by atoms with van der Waals surface area (Å²) in [5.41, 5.74) is 0.113. The summed E-state index contributed by atoms with van der Waals surface area (Å²) >= 11 is 3.94. The molecule has 0 bridgehead atoms. The molecule has 2 aliphatic rings. The molecule has 2 aliphatic heterocycles. The Hall–Kier alpha value is -3.43. The van der Waals surface area contributed by atoms with Crippen molar-refractivity contribution in [2.24, 2.45) is 0 Å². The predicted octanol–water partition coefficient (Wildman–Crippen LogP) is 3.79. The lowest BCUT2D eigenvalue weighted by molar-refractivity contribution is -0.384. The van der Waals surface area contributed by atoms with Crippen LogP contribution < -0.4 is 8.92 Å². The van der Waals surface area contributed by atoms with Gasteiger partial charge in [0, 0.05) is 25.2 Å². The quantitative estimate of drug-likeness (QED) is 0.183. The molecule has 12 nitrogen and oxygen atoms in total. The standard InChI is InChI=1S/C23H20BrN3O9S2/c1-35-18-11-14(12-19-22(29)26(23(30)37-19)13-20(28)25-8-2-3-9-25)10-17(24)21(18)36-38(33,34)16-6-4-15(5-7-16)27(31)32/h4-7,10-12H,2-3,8-9,13H2,1H3/b19-12-. The van der Waals surface area contributed by atoms with Crippen molar-refractivity contribution in [2.45, 2.75) is 17.7 Å². The van der Waals surface area contributed by atoms with Gasteiger partial charge in [0.15, 0.2) is 11.5 Å². The summed E-state index contributed by atoms with van der Waals surface area (Å²) in [5, 5.41) is 10.3. The molecule has 0 unspecified atom stereocenters. The lowest BCUT2D eigenvalue weighted by Crippen LogP contribution is -2.40. The Kier molecular flexibility index (Phi) is 8.08. The minimum atomic E-state index is -4.38. The third-order valence-corrected chi connectivity index (χ3v) is 8.44. The minimum Gasteiger partial charge on any atom is -0.493 e. The number of thioether (sulfide) groups is 1. The Morgan fingerprint density at radius 3 is 2.45 bits per heavy atom. The van der Waals surface area contributed by atoms with Crippen LogP contribution in [0, 0.1) is 10.1 Å². The number of benzene rings is 2. The lowest BCUT2D eigenvalue weighted by Gasteiger charge is -2.18. The van der Waals surface area contributed by atoms with E-state index in [1.165, 1.54) is 25.3 Å². The largest absolute Gasteiger partial charge is 0.493 e. The Morgan fingerprint density at radius 2 is 1.84 bits per heavy atom. The maximum atomic E-state index is 12.8. The number of carbonyl (C=O) groups is 3. The molecule has 2 aromatic carbocycles. The van der Waals surface area contributed by atoms with Crippen molar-refractivity contribution in [3.63, 3.8) is 0 Å². The molecule has 2 heterocycles. The molecule has 0 N–H and O–H groups in total. The van der Waals surface area contributed by atoms with Crippen LogP contribution in [0.3, 0.4) is 0 Å². The number of methoxy groups -OCH3 is 1. The van der Waals surface area contributed by atoms with Crippen molar-refractivity contribution in [3.05, 3.63) is 61.5 Å². The van der Waals surface area contributed by atoms with E-state index in [-0.39, 0.29) is 43.9 Å². The normalized spacial score (nSPS) is 16.8. The molecule has 38 heavy (non-hydrogen) atoms. The number of halogens is 1. The summed E-state index contributed by atoms with van der Waals surface area (Å²) in [6, 6.07) is 7.05. The van der Waals surface area contributed by atoms with Gasteiger partial charge >= 0.3 is 10.1 Å². The SMILES string of the molecule is COc1cc(/C=C2\SC(=O)N(CC(=O)N3CCCC3)C2=O)cc(Br)c1OS(=O)(=O)c1ccc([N+](=O)[O-])cc1. The van der Waals surface area contributed by atoms with Gasteiger partial charge in [0.05, 0.1) is 21.4 Å². The summed E-state index contributed by atoms with van der Waals surface area (Å²) in [4.78, 5) is 50.2. The highest BCUT2D eigenvalue weighted by Gasteiger charge is 2.37. The zero-order valence-electron chi connectivity index (χ0n) is 19.8. The Bertz CT molecular complexity index is 1450. The van der Waals surface area contributed by atoms with Crippen LogP contribution in [0.5, 0.6) is 11.5 Å². The number of amides is 3. The van der Waals surface area contributed by atoms with Crippen molar-refractivity contribution in [3.8, 4) is 11.5 Å². The number of nitro groups is 1. The fraction of sp³-hybridized carbons (Fsp3) is 0.261. The second kappa shape index (κ2) is 11.1. The number of carbonyl (C=O) groups excluding carboxylic acids is 3.